The highest BCUT2D eigenvalue weighted by Crippen LogP contribution is 2.28. The zero-order valence-electron chi connectivity index (χ0n) is 11.3. The number of hydrogen-bond acceptors (Lipinski definition) is 4. The first kappa shape index (κ1) is 15.2. The molecule has 1 N–H and O–H groups in total. The minimum Gasteiger partial charge on any atom is -0.481 e. The predicted molar refractivity (Wildman–Crippen MR) is 81.7 cm³/mol. The first-order chi connectivity index (χ1) is 9.49. The zero-order chi connectivity index (χ0) is 14.7. The summed E-state index contributed by atoms with van der Waals surface area (Å²) in [6.07, 6.45) is 0. The van der Waals surface area contributed by atoms with E-state index in [0.29, 0.717) is 10.2 Å². The van der Waals surface area contributed by atoms with Crippen LogP contribution in [0.4, 0.5) is 0 Å². The summed E-state index contributed by atoms with van der Waals surface area (Å²) in [5, 5.41) is 10.1. The van der Waals surface area contributed by atoms with Gasteiger partial charge in [-0.05, 0) is 26.2 Å². The highest BCUT2D eigenvalue weighted by Gasteiger charge is 2.14. The molecule has 0 amide bonds. The molecular formula is C13H16ClN3O2S. The normalized spacial score (nSPS) is 11.4. The van der Waals surface area contributed by atoms with Gasteiger partial charge in [0.15, 0.2) is 5.16 Å². The number of para-hydroxylation sites is 1. The molecule has 7 heteroatoms. The lowest BCUT2D eigenvalue weighted by Crippen LogP contribution is -2.19. The van der Waals surface area contributed by atoms with E-state index in [9.17, 15) is 4.79 Å². The van der Waals surface area contributed by atoms with E-state index in [1.165, 1.54) is 11.8 Å². The van der Waals surface area contributed by atoms with Gasteiger partial charge in [-0.25, -0.2) is 4.98 Å². The molecule has 2 aromatic rings. The van der Waals surface area contributed by atoms with E-state index >= 15 is 0 Å². The van der Waals surface area contributed by atoms with E-state index in [4.69, 9.17) is 16.7 Å². The van der Waals surface area contributed by atoms with Crippen molar-refractivity contribution in [3.8, 4) is 0 Å². The average molecular weight is 314 g/mol. The molecule has 1 heterocycles. The number of fused-ring (bicyclic) bond motifs is 1. The second kappa shape index (κ2) is 6.47. The summed E-state index contributed by atoms with van der Waals surface area (Å²) >= 11 is 7.37. The van der Waals surface area contributed by atoms with Crippen LogP contribution >= 0.6 is 23.4 Å². The van der Waals surface area contributed by atoms with Crippen molar-refractivity contribution in [1.82, 2.24) is 14.5 Å². The van der Waals surface area contributed by atoms with E-state index in [-0.39, 0.29) is 5.75 Å². The molecule has 5 nitrogen and oxygen atoms in total. The van der Waals surface area contributed by atoms with Gasteiger partial charge in [-0.15, -0.1) is 0 Å². The Labute approximate surface area is 126 Å². The van der Waals surface area contributed by atoms with Crippen LogP contribution in [-0.4, -0.2) is 51.9 Å². The van der Waals surface area contributed by atoms with Crippen molar-refractivity contribution in [3.63, 3.8) is 0 Å². The number of hydrogen-bond donors (Lipinski definition) is 1. The lowest BCUT2D eigenvalue weighted by Gasteiger charge is -2.12. The number of thioether (sulfide) groups is 1. The number of carboxylic acids is 1. The van der Waals surface area contributed by atoms with Gasteiger partial charge in [0.2, 0.25) is 0 Å². The highest BCUT2D eigenvalue weighted by atomic mass is 35.5. The van der Waals surface area contributed by atoms with Crippen molar-refractivity contribution in [2.45, 2.75) is 11.7 Å². The van der Waals surface area contributed by atoms with Gasteiger partial charge in [-0.1, -0.05) is 29.4 Å². The largest absolute Gasteiger partial charge is 0.481 e. The van der Waals surface area contributed by atoms with Crippen molar-refractivity contribution in [3.05, 3.63) is 23.2 Å². The Balaban J connectivity index is 2.39. The topological polar surface area (TPSA) is 58.4 Å². The molecule has 0 aliphatic heterocycles. The Bertz CT molecular complexity index is 627. The van der Waals surface area contributed by atoms with Crippen LogP contribution < -0.4 is 0 Å². The summed E-state index contributed by atoms with van der Waals surface area (Å²) in [7, 11) is 3.99. The van der Waals surface area contributed by atoms with Gasteiger partial charge in [0.05, 0.1) is 16.3 Å². The number of aromatic nitrogens is 2. The van der Waals surface area contributed by atoms with Crippen LogP contribution in [0.25, 0.3) is 11.0 Å². The van der Waals surface area contributed by atoms with Gasteiger partial charge in [-0.2, -0.15) is 0 Å². The number of imidazole rings is 1. The molecule has 0 spiro atoms. The minimum absolute atomic E-state index is 0.0110. The van der Waals surface area contributed by atoms with Crippen LogP contribution in [0.3, 0.4) is 0 Å². The van der Waals surface area contributed by atoms with Crippen LogP contribution in [-0.2, 0) is 11.3 Å². The van der Waals surface area contributed by atoms with Crippen LogP contribution in [0.2, 0.25) is 5.02 Å². The molecule has 0 bridgehead atoms. The Morgan fingerprint density at radius 3 is 2.90 bits per heavy atom. The third-order valence-electron chi connectivity index (χ3n) is 2.79. The Hall–Kier alpha value is -1.24. The molecule has 108 valence electrons. The number of benzene rings is 1. The van der Waals surface area contributed by atoms with Gasteiger partial charge in [0.1, 0.15) is 5.52 Å². The molecule has 0 aliphatic rings. The monoisotopic (exact) mass is 313 g/mol. The predicted octanol–water partition coefficient (Wildman–Crippen LogP) is 2.43. The fraction of sp³-hybridized carbons (Fsp3) is 0.385. The van der Waals surface area contributed by atoms with E-state index in [1.54, 1.807) is 6.07 Å². The number of nitrogens with zero attached hydrogens (tertiary/aromatic N) is 3. The molecule has 0 saturated carbocycles. The highest BCUT2D eigenvalue weighted by molar-refractivity contribution is 7.99. The maximum Gasteiger partial charge on any atom is 0.313 e. The Morgan fingerprint density at radius 1 is 1.50 bits per heavy atom. The van der Waals surface area contributed by atoms with Gasteiger partial charge < -0.3 is 14.6 Å². The molecule has 0 radical (unpaired) electrons. The zero-order valence-corrected chi connectivity index (χ0v) is 12.9. The van der Waals surface area contributed by atoms with E-state index in [2.05, 4.69) is 9.88 Å². The van der Waals surface area contributed by atoms with Crippen molar-refractivity contribution in [2.75, 3.05) is 26.4 Å². The third-order valence-corrected chi connectivity index (χ3v) is 4.06. The first-order valence-electron chi connectivity index (χ1n) is 6.13. The second-order valence-corrected chi connectivity index (χ2v) is 5.99. The summed E-state index contributed by atoms with van der Waals surface area (Å²) < 4.78 is 2.02. The maximum atomic E-state index is 10.7. The Morgan fingerprint density at radius 2 is 2.25 bits per heavy atom. The summed E-state index contributed by atoms with van der Waals surface area (Å²) in [6.45, 7) is 1.59. The van der Waals surface area contributed by atoms with Crippen LogP contribution in [0.15, 0.2) is 23.4 Å². The van der Waals surface area contributed by atoms with Gasteiger partial charge >= 0.3 is 5.97 Å². The fourth-order valence-corrected chi connectivity index (χ4v) is 2.81. The molecule has 1 aromatic heterocycles. The van der Waals surface area contributed by atoms with Crippen molar-refractivity contribution in [1.29, 1.82) is 0 Å². The van der Waals surface area contributed by atoms with Gasteiger partial charge in [0.25, 0.3) is 0 Å². The molecule has 0 unspecified atom stereocenters. The van der Waals surface area contributed by atoms with Gasteiger partial charge in [0, 0.05) is 13.1 Å². The molecule has 0 atom stereocenters. The number of carbonyl (C=O) groups is 1. The van der Waals surface area contributed by atoms with E-state index < -0.39 is 5.97 Å². The molecular weight excluding hydrogens is 298 g/mol. The lowest BCUT2D eigenvalue weighted by molar-refractivity contribution is -0.133. The number of carboxylic acid groups (broad SMARTS) is 1. The fourth-order valence-electron chi connectivity index (χ4n) is 1.84. The maximum absolute atomic E-state index is 10.7. The summed E-state index contributed by atoms with van der Waals surface area (Å²) in [4.78, 5) is 17.3. The van der Waals surface area contributed by atoms with Crippen molar-refractivity contribution < 1.29 is 9.90 Å². The number of likely N-dealkylation sites (N-methyl/N-ethyl adjacent to an activating group) is 1. The second-order valence-electron chi connectivity index (χ2n) is 4.64. The quantitative estimate of drug-likeness (QED) is 0.830. The molecule has 0 aliphatic carbocycles. The SMILES string of the molecule is CN(C)CCn1c(SCC(=O)O)nc2c(Cl)cccc21. The number of rotatable bonds is 6. The standard InChI is InChI=1S/C13H16ClN3O2S/c1-16(2)6-7-17-10-5-3-4-9(14)12(10)15-13(17)20-8-11(18)19/h3-5H,6-8H2,1-2H3,(H,18,19). The lowest BCUT2D eigenvalue weighted by atomic mass is 10.3. The summed E-state index contributed by atoms with van der Waals surface area (Å²) in [6, 6.07) is 5.62. The first-order valence-corrected chi connectivity index (χ1v) is 7.49. The molecule has 20 heavy (non-hydrogen) atoms. The van der Waals surface area contributed by atoms with Gasteiger partial charge in [-0.3, -0.25) is 4.79 Å². The van der Waals surface area contributed by atoms with Crippen LogP contribution in [0, 0.1) is 0 Å². The summed E-state index contributed by atoms with van der Waals surface area (Å²) in [5.41, 5.74) is 1.66. The summed E-state index contributed by atoms with van der Waals surface area (Å²) in [5.74, 6) is -0.865. The molecule has 0 saturated heterocycles. The molecule has 1 aromatic carbocycles. The van der Waals surface area contributed by atoms with E-state index in [0.717, 1.165) is 24.1 Å². The van der Waals surface area contributed by atoms with Crippen LogP contribution in [0.1, 0.15) is 0 Å². The minimum atomic E-state index is -0.854. The smallest absolute Gasteiger partial charge is 0.313 e. The number of aliphatic carboxylic acids is 1. The Kier molecular flexibility index (Phi) is 4.91. The van der Waals surface area contributed by atoms with E-state index in [1.807, 2.05) is 30.8 Å². The molecule has 2 rings (SSSR count). The van der Waals surface area contributed by atoms with Crippen molar-refractivity contribution in [2.24, 2.45) is 0 Å². The van der Waals surface area contributed by atoms with Crippen LogP contribution in [0.5, 0.6) is 0 Å². The average Bonchev–Trinajstić information content (AvgIpc) is 2.73. The third kappa shape index (κ3) is 3.45. The molecule has 0 fully saturated rings. The number of halogens is 1. The van der Waals surface area contributed by atoms with Crippen molar-refractivity contribution >= 4 is 40.4 Å².